The Labute approximate surface area is 213 Å². The summed E-state index contributed by atoms with van der Waals surface area (Å²) in [5.41, 5.74) is 9.22. The van der Waals surface area contributed by atoms with Crippen molar-refractivity contribution in [1.82, 2.24) is 4.98 Å². The first kappa shape index (κ1) is 26.2. The molecule has 8 heteroatoms. The lowest BCUT2D eigenvalue weighted by molar-refractivity contribution is 0.260. The van der Waals surface area contributed by atoms with Gasteiger partial charge < -0.3 is 20.5 Å². The number of anilines is 3. The minimum Gasteiger partial charge on any atom is -0.481 e. The Morgan fingerprint density at radius 2 is 1.69 bits per heavy atom. The fourth-order valence-electron chi connectivity index (χ4n) is 3.46. The molecule has 1 heterocycles. The number of para-hydroxylation sites is 1. The van der Waals surface area contributed by atoms with Gasteiger partial charge in [-0.15, -0.1) is 0 Å². The van der Waals surface area contributed by atoms with Crippen LogP contribution in [0.5, 0.6) is 17.5 Å². The molecule has 0 spiro atoms. The summed E-state index contributed by atoms with van der Waals surface area (Å²) in [6.45, 7) is 12.6. The number of urea groups is 1. The second kappa shape index (κ2) is 10.1. The number of methoxy groups -OCH3 is 1. The number of nitrogen functional groups attached to an aromatic ring is 1. The summed E-state index contributed by atoms with van der Waals surface area (Å²) in [5.74, 6) is 1.20. The number of nitrogens with zero attached hydrogens (tertiary/aromatic N) is 2. The molecule has 0 saturated carbocycles. The smallest absolute Gasteiger partial charge is 0.336 e. The average Bonchev–Trinajstić information content (AvgIpc) is 2.78. The van der Waals surface area contributed by atoms with Gasteiger partial charge in [-0.25, -0.2) is 9.10 Å². The molecule has 0 atom stereocenters. The van der Waals surface area contributed by atoms with Gasteiger partial charge in [0, 0.05) is 11.6 Å². The number of nitrogens with one attached hydrogen (secondary N) is 1. The van der Waals surface area contributed by atoms with Gasteiger partial charge in [-0.3, -0.25) is 0 Å². The number of thiol groups is 1. The van der Waals surface area contributed by atoms with Gasteiger partial charge in [0.15, 0.2) is 0 Å². The molecule has 0 radical (unpaired) electrons. The Kier molecular flexibility index (Phi) is 7.55. The van der Waals surface area contributed by atoms with Crippen molar-refractivity contribution in [1.29, 1.82) is 0 Å². The zero-order valence-electron chi connectivity index (χ0n) is 21.3. The average molecular weight is 495 g/mol. The number of carbonyl (C=O) groups is 1. The van der Waals surface area contributed by atoms with E-state index in [-0.39, 0.29) is 16.7 Å². The third-order valence-electron chi connectivity index (χ3n) is 5.50. The van der Waals surface area contributed by atoms with Crippen LogP contribution in [0.15, 0.2) is 54.6 Å². The predicted octanol–water partition coefficient (Wildman–Crippen LogP) is 6.94. The zero-order chi connectivity index (χ0) is 26.0. The van der Waals surface area contributed by atoms with Gasteiger partial charge in [0.05, 0.1) is 18.5 Å². The van der Waals surface area contributed by atoms with Crippen LogP contribution in [0.1, 0.15) is 52.7 Å². The molecule has 2 aromatic carbocycles. The van der Waals surface area contributed by atoms with Crippen molar-refractivity contribution < 1.29 is 14.3 Å². The summed E-state index contributed by atoms with van der Waals surface area (Å²) in [6, 6.07) is 16.1. The van der Waals surface area contributed by atoms with Crippen LogP contribution in [0.2, 0.25) is 0 Å². The highest BCUT2D eigenvalue weighted by Gasteiger charge is 2.23. The highest BCUT2D eigenvalue weighted by atomic mass is 32.1. The molecule has 3 rings (SSSR count). The maximum Gasteiger partial charge on any atom is 0.336 e. The fourth-order valence-corrected chi connectivity index (χ4v) is 3.68. The Morgan fingerprint density at radius 1 is 1.00 bits per heavy atom. The third-order valence-corrected chi connectivity index (χ3v) is 5.90. The molecule has 3 aromatic rings. The predicted molar refractivity (Wildman–Crippen MR) is 146 cm³/mol. The Bertz CT molecular complexity index is 1220. The Hall–Kier alpha value is -3.39. The number of amides is 2. The number of hydrogen-bond acceptors (Lipinski definition) is 6. The molecular formula is C27H34N4O3S. The molecule has 0 bridgehead atoms. The van der Waals surface area contributed by atoms with Crippen LogP contribution in [0.4, 0.5) is 21.9 Å². The van der Waals surface area contributed by atoms with Gasteiger partial charge in [-0.1, -0.05) is 78.6 Å². The van der Waals surface area contributed by atoms with Crippen LogP contribution in [0.3, 0.4) is 0 Å². The number of hydrogen-bond donors (Lipinski definition) is 3. The van der Waals surface area contributed by atoms with E-state index in [0.717, 1.165) is 11.1 Å². The summed E-state index contributed by atoms with van der Waals surface area (Å²) in [7, 11) is 1.52. The van der Waals surface area contributed by atoms with Crippen LogP contribution in [-0.2, 0) is 10.8 Å². The van der Waals surface area contributed by atoms with Crippen molar-refractivity contribution in [3.63, 3.8) is 0 Å². The topological polar surface area (TPSA) is 89.7 Å². The van der Waals surface area contributed by atoms with Crippen molar-refractivity contribution in [3.8, 4) is 17.5 Å². The molecule has 186 valence electrons. The first-order valence-corrected chi connectivity index (χ1v) is 11.7. The van der Waals surface area contributed by atoms with Crippen LogP contribution < -0.4 is 24.8 Å². The number of ether oxygens (including phenoxy) is 2. The quantitative estimate of drug-likeness (QED) is 0.264. The van der Waals surface area contributed by atoms with Gasteiger partial charge >= 0.3 is 6.03 Å². The molecule has 2 amide bonds. The number of carbonyl (C=O) groups excluding carboxylic acids is 1. The van der Waals surface area contributed by atoms with Gasteiger partial charge in [-0.05, 0) is 40.7 Å². The van der Waals surface area contributed by atoms with Gasteiger partial charge in [0.2, 0.25) is 11.8 Å². The van der Waals surface area contributed by atoms with Crippen molar-refractivity contribution in [2.75, 3.05) is 22.5 Å². The summed E-state index contributed by atoms with van der Waals surface area (Å²) in [6.07, 6.45) is 0. The molecule has 0 fully saturated rings. The van der Waals surface area contributed by atoms with Gasteiger partial charge in [0.1, 0.15) is 11.4 Å². The maximum atomic E-state index is 13.2. The summed E-state index contributed by atoms with van der Waals surface area (Å²) >= 11 is 4.44. The lowest BCUT2D eigenvalue weighted by Gasteiger charge is -2.24. The minimum atomic E-state index is -0.507. The molecule has 35 heavy (non-hydrogen) atoms. The van der Waals surface area contributed by atoms with Crippen molar-refractivity contribution in [3.05, 3.63) is 65.7 Å². The number of rotatable bonds is 5. The number of aromatic nitrogens is 1. The molecular weight excluding hydrogens is 460 g/mol. The molecule has 0 aliphatic heterocycles. The largest absolute Gasteiger partial charge is 0.481 e. The van der Waals surface area contributed by atoms with E-state index in [0.29, 0.717) is 28.7 Å². The Balaban J connectivity index is 1.94. The van der Waals surface area contributed by atoms with Gasteiger partial charge in [-0.2, -0.15) is 4.98 Å². The lowest BCUT2D eigenvalue weighted by Crippen LogP contribution is -2.28. The van der Waals surface area contributed by atoms with E-state index in [9.17, 15) is 4.79 Å². The summed E-state index contributed by atoms with van der Waals surface area (Å²) in [4.78, 5) is 17.6. The first-order chi connectivity index (χ1) is 16.3. The summed E-state index contributed by atoms with van der Waals surface area (Å²) in [5, 5.41) is 2.84. The van der Waals surface area contributed by atoms with Crippen LogP contribution in [-0.4, -0.2) is 18.1 Å². The van der Waals surface area contributed by atoms with Crippen LogP contribution in [0, 0.1) is 0 Å². The van der Waals surface area contributed by atoms with E-state index in [4.69, 9.17) is 15.2 Å². The zero-order valence-corrected chi connectivity index (χ0v) is 22.2. The maximum absolute atomic E-state index is 13.2. The number of pyridine rings is 1. The summed E-state index contributed by atoms with van der Waals surface area (Å²) < 4.78 is 12.7. The highest BCUT2D eigenvalue weighted by molar-refractivity contribution is 7.82. The molecule has 0 unspecified atom stereocenters. The van der Waals surface area contributed by atoms with Crippen LogP contribution in [0.25, 0.3) is 0 Å². The number of nitrogens with two attached hydrogens (primary N) is 1. The fraction of sp³-hybridized carbons (Fsp3) is 0.333. The van der Waals surface area contributed by atoms with Crippen molar-refractivity contribution in [2.45, 2.75) is 52.4 Å². The van der Waals surface area contributed by atoms with Crippen LogP contribution >= 0.6 is 12.8 Å². The lowest BCUT2D eigenvalue weighted by atomic mass is 9.86. The van der Waals surface area contributed by atoms with Gasteiger partial charge in [0.25, 0.3) is 0 Å². The first-order valence-electron chi connectivity index (χ1n) is 11.3. The van der Waals surface area contributed by atoms with Crippen molar-refractivity contribution >= 4 is 35.9 Å². The Morgan fingerprint density at radius 3 is 2.31 bits per heavy atom. The molecule has 1 aromatic heterocycles. The van der Waals surface area contributed by atoms with E-state index >= 15 is 0 Å². The minimum absolute atomic E-state index is 0.116. The van der Waals surface area contributed by atoms with E-state index in [2.05, 4.69) is 64.7 Å². The van der Waals surface area contributed by atoms with E-state index in [1.165, 1.54) is 11.4 Å². The SMILES string of the molecule is COc1ccc(NC(=O)N(S)c2cc(C(C)(C)C)ccc2N)c(Oc2ccccc2C(C)(C)C)n1. The molecule has 0 aliphatic carbocycles. The molecule has 0 saturated heterocycles. The standard InChI is InChI=1S/C27H34N4O3S/c1-26(2,3)17-12-13-19(28)21(16-17)31(35)25(32)29-20-14-15-23(33-7)30-24(20)34-22-11-9-8-10-18(22)27(4,5)6/h8-16,35H,28H2,1-7H3,(H,29,32). The second-order valence-electron chi connectivity index (χ2n) is 10.3. The molecule has 0 aliphatic rings. The van der Waals surface area contributed by atoms with E-state index < -0.39 is 6.03 Å². The van der Waals surface area contributed by atoms with Crippen molar-refractivity contribution in [2.24, 2.45) is 0 Å². The number of benzene rings is 2. The highest BCUT2D eigenvalue weighted by Crippen LogP contribution is 2.37. The normalized spacial score (nSPS) is 11.7. The monoisotopic (exact) mass is 494 g/mol. The molecule has 3 N–H and O–H groups in total. The third kappa shape index (κ3) is 6.19. The molecule has 7 nitrogen and oxygen atoms in total. The van der Waals surface area contributed by atoms with E-state index in [1.54, 1.807) is 18.2 Å². The second-order valence-corrected chi connectivity index (χ2v) is 10.7. The van der Waals surface area contributed by atoms with E-state index in [1.807, 2.05) is 36.4 Å².